The van der Waals surface area contributed by atoms with Gasteiger partial charge in [0.2, 0.25) is 0 Å². The minimum absolute atomic E-state index is 0.0807. The molecule has 4 nitrogen and oxygen atoms in total. The largest absolute Gasteiger partial charge is 0.399 e. The maximum absolute atomic E-state index is 12.8. The summed E-state index contributed by atoms with van der Waals surface area (Å²) in [6.45, 7) is 0. The van der Waals surface area contributed by atoms with Crippen LogP contribution in [0.2, 0.25) is 0 Å². The van der Waals surface area contributed by atoms with Gasteiger partial charge in [-0.1, -0.05) is 31.0 Å². The second-order valence-corrected chi connectivity index (χ2v) is 5.69. The van der Waals surface area contributed by atoms with Crippen molar-refractivity contribution in [2.75, 3.05) is 10.6 Å². The molecule has 22 heavy (non-hydrogen) atoms. The minimum Gasteiger partial charge on any atom is -0.399 e. The van der Waals surface area contributed by atoms with Gasteiger partial charge in [0.15, 0.2) is 0 Å². The number of nitrogens with two attached hydrogens (primary N) is 1. The van der Waals surface area contributed by atoms with Crippen molar-refractivity contribution in [3.8, 4) is 0 Å². The lowest BCUT2D eigenvalue weighted by Crippen LogP contribution is -2.41. The molecule has 2 amide bonds. The van der Waals surface area contributed by atoms with Gasteiger partial charge in [0.05, 0.1) is 11.4 Å². The predicted octanol–water partition coefficient (Wildman–Crippen LogP) is 4.06. The quantitative estimate of drug-likeness (QED) is 0.839. The van der Waals surface area contributed by atoms with Gasteiger partial charge in [0.1, 0.15) is 0 Å². The summed E-state index contributed by atoms with van der Waals surface area (Å²) in [6, 6.07) is 17.3. The zero-order valence-corrected chi connectivity index (χ0v) is 12.5. The van der Waals surface area contributed by atoms with E-state index < -0.39 is 0 Å². The van der Waals surface area contributed by atoms with E-state index in [0.717, 1.165) is 24.2 Å². The number of nitrogens with zero attached hydrogens (tertiary/aromatic N) is 1. The van der Waals surface area contributed by atoms with Crippen LogP contribution in [0.3, 0.4) is 0 Å². The molecule has 0 unspecified atom stereocenters. The van der Waals surface area contributed by atoms with Crippen molar-refractivity contribution in [2.45, 2.75) is 31.7 Å². The Kier molecular flexibility index (Phi) is 4.28. The Balaban J connectivity index is 1.88. The van der Waals surface area contributed by atoms with Crippen LogP contribution in [0.5, 0.6) is 0 Å². The SMILES string of the molecule is Nc1ccc(N(C(=O)NC2CCCC2)c2ccccc2)cc1. The number of nitrogens with one attached hydrogen (secondary N) is 1. The third-order valence-corrected chi connectivity index (χ3v) is 4.05. The van der Waals surface area contributed by atoms with Crippen LogP contribution >= 0.6 is 0 Å². The Morgan fingerprint density at radius 1 is 0.955 bits per heavy atom. The van der Waals surface area contributed by atoms with Crippen molar-refractivity contribution in [3.05, 3.63) is 54.6 Å². The number of hydrogen-bond acceptors (Lipinski definition) is 2. The summed E-state index contributed by atoms with van der Waals surface area (Å²) in [5, 5.41) is 3.15. The van der Waals surface area contributed by atoms with E-state index in [1.165, 1.54) is 12.8 Å². The fourth-order valence-corrected chi connectivity index (χ4v) is 2.89. The number of anilines is 3. The van der Waals surface area contributed by atoms with Gasteiger partial charge in [0.25, 0.3) is 0 Å². The maximum Gasteiger partial charge on any atom is 0.326 e. The van der Waals surface area contributed by atoms with Gasteiger partial charge >= 0.3 is 6.03 Å². The molecule has 0 heterocycles. The molecule has 114 valence electrons. The highest BCUT2D eigenvalue weighted by Gasteiger charge is 2.23. The minimum atomic E-state index is -0.0807. The van der Waals surface area contributed by atoms with Crippen LogP contribution in [0.25, 0.3) is 0 Å². The molecule has 1 saturated carbocycles. The van der Waals surface area contributed by atoms with E-state index in [9.17, 15) is 4.79 Å². The molecule has 0 aromatic heterocycles. The van der Waals surface area contributed by atoms with Crippen molar-refractivity contribution in [1.82, 2.24) is 5.32 Å². The van der Waals surface area contributed by atoms with E-state index in [1.54, 1.807) is 4.90 Å². The Morgan fingerprint density at radius 2 is 1.55 bits per heavy atom. The highest BCUT2D eigenvalue weighted by molar-refractivity contribution is 5.99. The first-order valence-corrected chi connectivity index (χ1v) is 7.75. The van der Waals surface area contributed by atoms with Gasteiger partial charge in [-0.3, -0.25) is 4.90 Å². The maximum atomic E-state index is 12.8. The van der Waals surface area contributed by atoms with Crippen molar-refractivity contribution in [2.24, 2.45) is 0 Å². The van der Waals surface area contributed by atoms with Gasteiger partial charge in [0, 0.05) is 11.7 Å². The summed E-state index contributed by atoms with van der Waals surface area (Å²) in [7, 11) is 0. The van der Waals surface area contributed by atoms with Gasteiger partial charge in [-0.2, -0.15) is 0 Å². The van der Waals surface area contributed by atoms with Crippen LogP contribution in [0.4, 0.5) is 21.9 Å². The number of carbonyl (C=O) groups is 1. The second kappa shape index (κ2) is 6.52. The first kappa shape index (κ1) is 14.4. The molecule has 1 aliphatic carbocycles. The number of benzene rings is 2. The fraction of sp³-hybridized carbons (Fsp3) is 0.278. The zero-order valence-electron chi connectivity index (χ0n) is 12.5. The molecule has 0 atom stereocenters. The van der Waals surface area contributed by atoms with Gasteiger partial charge in [-0.25, -0.2) is 4.79 Å². The molecule has 1 fully saturated rings. The van der Waals surface area contributed by atoms with Crippen LogP contribution in [-0.2, 0) is 0 Å². The van der Waals surface area contributed by atoms with Gasteiger partial charge in [-0.15, -0.1) is 0 Å². The number of para-hydroxylation sites is 1. The van der Waals surface area contributed by atoms with E-state index >= 15 is 0 Å². The normalized spacial score (nSPS) is 14.7. The topological polar surface area (TPSA) is 58.4 Å². The number of nitrogen functional groups attached to an aromatic ring is 1. The van der Waals surface area contributed by atoms with Gasteiger partial charge in [-0.05, 0) is 49.2 Å². The summed E-state index contributed by atoms with van der Waals surface area (Å²) in [4.78, 5) is 14.5. The Hall–Kier alpha value is -2.49. The molecule has 0 bridgehead atoms. The fourth-order valence-electron chi connectivity index (χ4n) is 2.89. The smallest absolute Gasteiger partial charge is 0.326 e. The van der Waals surface area contributed by atoms with E-state index in [4.69, 9.17) is 5.73 Å². The van der Waals surface area contributed by atoms with E-state index in [-0.39, 0.29) is 12.1 Å². The second-order valence-electron chi connectivity index (χ2n) is 5.69. The highest BCUT2D eigenvalue weighted by atomic mass is 16.2. The summed E-state index contributed by atoms with van der Waals surface area (Å²) in [5.41, 5.74) is 8.11. The van der Waals surface area contributed by atoms with Crippen LogP contribution in [-0.4, -0.2) is 12.1 Å². The van der Waals surface area contributed by atoms with Crippen LogP contribution in [0.1, 0.15) is 25.7 Å². The van der Waals surface area contributed by atoms with E-state index in [1.807, 2.05) is 54.6 Å². The average molecular weight is 295 g/mol. The molecule has 3 rings (SSSR count). The molecule has 0 radical (unpaired) electrons. The van der Waals surface area contributed by atoms with Gasteiger partial charge < -0.3 is 11.1 Å². The van der Waals surface area contributed by atoms with Crippen molar-refractivity contribution >= 4 is 23.1 Å². The molecular weight excluding hydrogens is 274 g/mol. The van der Waals surface area contributed by atoms with Crippen LogP contribution in [0, 0.1) is 0 Å². The van der Waals surface area contributed by atoms with Crippen molar-refractivity contribution < 1.29 is 4.79 Å². The number of rotatable bonds is 3. The molecule has 4 heteroatoms. The number of hydrogen-bond donors (Lipinski definition) is 2. The third-order valence-electron chi connectivity index (χ3n) is 4.05. The van der Waals surface area contributed by atoms with Crippen molar-refractivity contribution in [3.63, 3.8) is 0 Å². The molecule has 2 aromatic rings. The standard InChI is InChI=1S/C18H21N3O/c19-14-10-12-17(13-11-14)21(16-8-2-1-3-9-16)18(22)20-15-6-4-5-7-15/h1-3,8-13,15H,4-7,19H2,(H,20,22). The van der Waals surface area contributed by atoms with E-state index in [2.05, 4.69) is 5.32 Å². The molecule has 3 N–H and O–H groups in total. The number of carbonyl (C=O) groups excluding carboxylic acids is 1. The molecule has 2 aromatic carbocycles. The number of amides is 2. The molecule has 0 aliphatic heterocycles. The summed E-state index contributed by atoms with van der Waals surface area (Å²) in [6.07, 6.45) is 4.52. The number of urea groups is 1. The van der Waals surface area contributed by atoms with Crippen molar-refractivity contribution in [1.29, 1.82) is 0 Å². The Morgan fingerprint density at radius 3 is 2.18 bits per heavy atom. The first-order chi connectivity index (χ1) is 10.7. The molecule has 1 aliphatic rings. The Labute approximate surface area is 130 Å². The van der Waals surface area contributed by atoms with Crippen LogP contribution in [0.15, 0.2) is 54.6 Å². The average Bonchev–Trinajstić information content (AvgIpc) is 3.03. The van der Waals surface area contributed by atoms with Crippen LogP contribution < -0.4 is 16.0 Å². The lowest BCUT2D eigenvalue weighted by Gasteiger charge is -2.25. The predicted molar refractivity (Wildman–Crippen MR) is 90.2 cm³/mol. The lowest BCUT2D eigenvalue weighted by molar-refractivity contribution is 0.245. The molecule has 0 saturated heterocycles. The third kappa shape index (κ3) is 3.22. The van der Waals surface area contributed by atoms with E-state index in [0.29, 0.717) is 5.69 Å². The first-order valence-electron chi connectivity index (χ1n) is 7.75. The Bertz CT molecular complexity index is 619. The highest BCUT2D eigenvalue weighted by Crippen LogP contribution is 2.27. The molecular formula is C18H21N3O. The summed E-state index contributed by atoms with van der Waals surface area (Å²) >= 11 is 0. The lowest BCUT2D eigenvalue weighted by atomic mass is 10.2. The zero-order chi connectivity index (χ0) is 15.4. The summed E-state index contributed by atoms with van der Waals surface area (Å²) < 4.78 is 0. The summed E-state index contributed by atoms with van der Waals surface area (Å²) in [5.74, 6) is 0. The monoisotopic (exact) mass is 295 g/mol. The molecule has 0 spiro atoms.